The zero-order valence-corrected chi connectivity index (χ0v) is 13.0. The molecule has 1 atom stereocenters. The number of amides is 1. The molecule has 112 valence electrons. The number of halogens is 2. The fourth-order valence-corrected chi connectivity index (χ4v) is 2.02. The van der Waals surface area contributed by atoms with E-state index in [1.165, 1.54) is 0 Å². The zero-order chi connectivity index (χ0) is 15.1. The maximum atomic E-state index is 11.7. The first-order chi connectivity index (χ1) is 9.42. The Labute approximate surface area is 129 Å². The molecule has 0 heterocycles. The lowest BCUT2D eigenvalue weighted by atomic mass is 10.0. The molecule has 0 aliphatic heterocycles. The first-order valence-corrected chi connectivity index (χ1v) is 7.16. The predicted molar refractivity (Wildman–Crippen MR) is 80.4 cm³/mol. The Morgan fingerprint density at radius 2 is 2.05 bits per heavy atom. The highest BCUT2D eigenvalue weighted by molar-refractivity contribution is 6.42. The number of rotatable bonds is 7. The topological polar surface area (TPSA) is 58.6 Å². The maximum absolute atomic E-state index is 11.7. The highest BCUT2D eigenvalue weighted by atomic mass is 35.5. The molecule has 0 saturated heterocycles. The number of hydrogen-bond acceptors (Lipinski definition) is 3. The van der Waals surface area contributed by atoms with E-state index in [9.17, 15) is 9.90 Å². The van der Waals surface area contributed by atoms with Crippen LogP contribution in [0.5, 0.6) is 5.75 Å². The van der Waals surface area contributed by atoms with Crippen LogP contribution < -0.4 is 10.1 Å². The van der Waals surface area contributed by atoms with E-state index in [0.29, 0.717) is 21.7 Å². The second kappa shape index (κ2) is 8.35. The van der Waals surface area contributed by atoms with Gasteiger partial charge in [0.25, 0.3) is 5.91 Å². The highest BCUT2D eigenvalue weighted by Gasteiger charge is 2.13. The molecule has 20 heavy (non-hydrogen) atoms. The normalized spacial score (nSPS) is 12.3. The average molecular weight is 320 g/mol. The van der Waals surface area contributed by atoms with Crippen LogP contribution in [0.3, 0.4) is 0 Å². The van der Waals surface area contributed by atoms with Crippen molar-refractivity contribution in [3.8, 4) is 5.75 Å². The lowest BCUT2D eigenvalue weighted by Gasteiger charge is -2.18. The molecule has 0 aromatic heterocycles. The minimum Gasteiger partial charge on any atom is -0.484 e. The summed E-state index contributed by atoms with van der Waals surface area (Å²) in [4.78, 5) is 11.7. The van der Waals surface area contributed by atoms with Gasteiger partial charge in [0.1, 0.15) is 5.75 Å². The van der Waals surface area contributed by atoms with Gasteiger partial charge >= 0.3 is 0 Å². The third kappa shape index (κ3) is 5.99. The van der Waals surface area contributed by atoms with Gasteiger partial charge in [-0.2, -0.15) is 0 Å². The lowest BCUT2D eigenvalue weighted by molar-refractivity contribution is -0.124. The molecular formula is C14H19Cl2NO3. The van der Waals surface area contributed by atoms with Crippen molar-refractivity contribution in [3.63, 3.8) is 0 Å². The molecule has 0 radical (unpaired) electrons. The van der Waals surface area contributed by atoms with Crippen molar-refractivity contribution >= 4 is 29.1 Å². The first-order valence-electron chi connectivity index (χ1n) is 6.40. The minimum atomic E-state index is -0.282. The number of ether oxygens (including phenoxy) is 1. The zero-order valence-electron chi connectivity index (χ0n) is 11.5. The molecule has 0 aliphatic carbocycles. The van der Waals surface area contributed by atoms with Crippen molar-refractivity contribution in [1.82, 2.24) is 5.32 Å². The molecule has 1 aromatic rings. The molecule has 1 amide bonds. The van der Waals surface area contributed by atoms with Gasteiger partial charge in [0.2, 0.25) is 0 Å². The van der Waals surface area contributed by atoms with Gasteiger partial charge in [-0.05, 0) is 24.5 Å². The van der Waals surface area contributed by atoms with E-state index in [2.05, 4.69) is 5.32 Å². The Bertz CT molecular complexity index is 452. The fraction of sp³-hybridized carbons (Fsp3) is 0.500. The molecule has 0 aliphatic rings. The van der Waals surface area contributed by atoms with Crippen molar-refractivity contribution in [2.24, 2.45) is 5.92 Å². The monoisotopic (exact) mass is 319 g/mol. The highest BCUT2D eigenvalue weighted by Crippen LogP contribution is 2.26. The maximum Gasteiger partial charge on any atom is 0.258 e. The Hall–Kier alpha value is -0.970. The van der Waals surface area contributed by atoms with Crippen molar-refractivity contribution in [3.05, 3.63) is 28.2 Å². The van der Waals surface area contributed by atoms with Crippen molar-refractivity contribution in [1.29, 1.82) is 0 Å². The van der Waals surface area contributed by atoms with Gasteiger partial charge in [0.05, 0.1) is 22.7 Å². The molecule has 0 fully saturated rings. The summed E-state index contributed by atoms with van der Waals surface area (Å²) in [5.74, 6) is 0.582. The SMILES string of the molecule is CC(C)CC(CO)NC(=O)COc1ccc(Cl)c(Cl)c1. The summed E-state index contributed by atoms with van der Waals surface area (Å²) in [6, 6.07) is 4.54. The van der Waals surface area contributed by atoms with Crippen molar-refractivity contribution in [2.75, 3.05) is 13.2 Å². The van der Waals surface area contributed by atoms with Gasteiger partial charge in [-0.3, -0.25) is 4.79 Å². The summed E-state index contributed by atoms with van der Waals surface area (Å²) in [5, 5.41) is 12.7. The number of carbonyl (C=O) groups is 1. The second-order valence-electron chi connectivity index (χ2n) is 4.94. The van der Waals surface area contributed by atoms with Crippen LogP contribution in [0.25, 0.3) is 0 Å². The predicted octanol–water partition coefficient (Wildman–Crippen LogP) is 2.90. The molecule has 0 spiro atoms. The third-order valence-electron chi connectivity index (χ3n) is 2.60. The van der Waals surface area contributed by atoms with Gasteiger partial charge in [0.15, 0.2) is 6.61 Å². The summed E-state index contributed by atoms with van der Waals surface area (Å²) in [6.45, 7) is 3.84. The Kier molecular flexibility index (Phi) is 7.13. The number of hydrogen-bond donors (Lipinski definition) is 2. The second-order valence-corrected chi connectivity index (χ2v) is 5.76. The average Bonchev–Trinajstić information content (AvgIpc) is 2.39. The molecule has 1 unspecified atom stereocenters. The summed E-state index contributed by atoms with van der Waals surface area (Å²) >= 11 is 11.6. The van der Waals surface area contributed by atoms with Crippen LogP contribution in [0, 0.1) is 5.92 Å². The van der Waals surface area contributed by atoms with Crippen LogP contribution in [-0.2, 0) is 4.79 Å². The lowest BCUT2D eigenvalue weighted by Crippen LogP contribution is -2.40. The molecule has 2 N–H and O–H groups in total. The fourth-order valence-electron chi connectivity index (χ4n) is 1.73. The Morgan fingerprint density at radius 1 is 1.35 bits per heavy atom. The van der Waals surface area contributed by atoms with Gasteiger partial charge in [-0.25, -0.2) is 0 Å². The first kappa shape index (κ1) is 17.1. The number of nitrogens with one attached hydrogen (secondary N) is 1. The van der Waals surface area contributed by atoms with E-state index < -0.39 is 0 Å². The van der Waals surface area contributed by atoms with Crippen LogP contribution in [0.15, 0.2) is 18.2 Å². The van der Waals surface area contributed by atoms with E-state index in [1.807, 2.05) is 13.8 Å². The van der Waals surface area contributed by atoms with Crippen LogP contribution in [-0.4, -0.2) is 30.3 Å². The minimum absolute atomic E-state index is 0.0866. The molecular weight excluding hydrogens is 301 g/mol. The van der Waals surface area contributed by atoms with Gasteiger partial charge in [-0.15, -0.1) is 0 Å². The largest absolute Gasteiger partial charge is 0.484 e. The van der Waals surface area contributed by atoms with Gasteiger partial charge in [0, 0.05) is 6.07 Å². The molecule has 6 heteroatoms. The third-order valence-corrected chi connectivity index (χ3v) is 3.34. The van der Waals surface area contributed by atoms with Crippen LogP contribution in [0.2, 0.25) is 10.0 Å². The number of aliphatic hydroxyl groups is 1. The van der Waals surface area contributed by atoms with Gasteiger partial charge in [-0.1, -0.05) is 37.0 Å². The molecule has 4 nitrogen and oxygen atoms in total. The van der Waals surface area contributed by atoms with E-state index in [0.717, 1.165) is 6.42 Å². The van der Waals surface area contributed by atoms with E-state index in [1.54, 1.807) is 18.2 Å². The van der Waals surface area contributed by atoms with Crippen LogP contribution >= 0.6 is 23.2 Å². The Morgan fingerprint density at radius 3 is 2.60 bits per heavy atom. The number of aliphatic hydroxyl groups excluding tert-OH is 1. The van der Waals surface area contributed by atoms with Crippen LogP contribution in [0.1, 0.15) is 20.3 Å². The molecule has 0 saturated carbocycles. The summed E-state index contributed by atoms with van der Waals surface area (Å²) < 4.78 is 5.32. The molecule has 0 bridgehead atoms. The van der Waals surface area contributed by atoms with Crippen molar-refractivity contribution < 1.29 is 14.6 Å². The van der Waals surface area contributed by atoms with E-state index >= 15 is 0 Å². The van der Waals surface area contributed by atoms with E-state index in [-0.39, 0.29) is 25.2 Å². The van der Waals surface area contributed by atoms with Crippen LogP contribution in [0.4, 0.5) is 0 Å². The van der Waals surface area contributed by atoms with E-state index in [4.69, 9.17) is 27.9 Å². The molecule has 1 rings (SSSR count). The summed E-state index contributed by atoms with van der Waals surface area (Å²) in [7, 11) is 0. The smallest absolute Gasteiger partial charge is 0.258 e. The standard InChI is InChI=1S/C14H19Cl2NO3/c1-9(2)5-10(7-18)17-14(19)8-20-11-3-4-12(15)13(16)6-11/h3-4,6,9-10,18H,5,7-8H2,1-2H3,(H,17,19). The number of benzene rings is 1. The summed E-state index contributed by atoms with van der Waals surface area (Å²) in [5.41, 5.74) is 0. The van der Waals surface area contributed by atoms with Crippen molar-refractivity contribution in [2.45, 2.75) is 26.3 Å². The summed E-state index contributed by atoms with van der Waals surface area (Å²) in [6.07, 6.45) is 0.717. The number of carbonyl (C=O) groups excluding carboxylic acids is 1. The quantitative estimate of drug-likeness (QED) is 0.812. The van der Waals surface area contributed by atoms with Gasteiger partial charge < -0.3 is 15.2 Å². The molecule has 1 aromatic carbocycles. The Balaban J connectivity index is 2.44.